The van der Waals surface area contributed by atoms with Gasteiger partial charge >= 0.3 is 18.2 Å². The Morgan fingerprint density at radius 2 is 2.36 bits per heavy atom. The molecule has 0 radical (unpaired) electrons. The Morgan fingerprint density at radius 3 is 3.18 bits per heavy atom. The fourth-order valence-electron chi connectivity index (χ4n) is 1.32. The van der Waals surface area contributed by atoms with Crippen LogP contribution in [0, 0.1) is 0 Å². The number of hydrogen-bond donors (Lipinski definition) is 0. The average Bonchev–Trinajstić information content (AvgIpc) is 2.50. The van der Waals surface area contributed by atoms with Crippen molar-refractivity contribution in [2.24, 2.45) is 0 Å². The van der Waals surface area contributed by atoms with Crippen molar-refractivity contribution < 1.29 is 4.74 Å². The molecule has 0 aromatic heterocycles. The van der Waals surface area contributed by atoms with Gasteiger partial charge in [0.1, 0.15) is 5.75 Å². The molecule has 0 aliphatic carbocycles. The topological polar surface area (TPSA) is 9.23 Å². The summed E-state index contributed by atoms with van der Waals surface area (Å²) in [4.78, 5) is 0. The van der Waals surface area contributed by atoms with E-state index in [0.717, 1.165) is 18.8 Å². The summed E-state index contributed by atoms with van der Waals surface area (Å²) in [5.74, 6) is 1.09. The summed E-state index contributed by atoms with van der Waals surface area (Å²) in [7, 11) is 0. The van der Waals surface area contributed by atoms with Crippen LogP contribution in [-0.2, 0) is 6.42 Å². The second-order valence-corrected chi connectivity index (χ2v) is 5.44. The lowest BCUT2D eigenvalue weighted by atomic mass is 10.2. The maximum atomic E-state index is 5.40. The van der Waals surface area contributed by atoms with Gasteiger partial charge in [-0.25, -0.2) is 0 Å². The molecule has 11 heavy (non-hydrogen) atoms. The van der Waals surface area contributed by atoms with Crippen LogP contribution in [0.15, 0.2) is 18.2 Å². The second-order valence-electron chi connectivity index (χ2n) is 2.67. The van der Waals surface area contributed by atoms with Crippen molar-refractivity contribution in [3.8, 4) is 5.75 Å². The number of ether oxygens (including phenoxy) is 1. The Balaban J connectivity index is 2.41. The Bertz CT molecular complexity index is 275. The van der Waals surface area contributed by atoms with Gasteiger partial charge < -0.3 is 4.74 Å². The Kier molecular flexibility index (Phi) is 2.39. The SMILES string of the molecule is [Br][Mg][c]1ccc2c(c1)CCO2. The number of rotatable bonds is 1. The first-order valence-electron chi connectivity index (χ1n) is 3.71. The first-order valence-corrected chi connectivity index (χ1v) is 8.31. The molecule has 3 heteroatoms. The highest BCUT2D eigenvalue weighted by atomic mass is 79.9. The Hall–Kier alpha value is 0.266. The van der Waals surface area contributed by atoms with E-state index in [1.807, 2.05) is 0 Å². The molecule has 0 amide bonds. The third-order valence-electron chi connectivity index (χ3n) is 1.91. The molecular weight excluding hydrogens is 216 g/mol. The minimum atomic E-state index is -0.171. The predicted octanol–water partition coefficient (Wildman–Crippen LogP) is 1.26. The molecule has 1 aliphatic heterocycles. The van der Waals surface area contributed by atoms with Gasteiger partial charge in [-0.15, -0.1) is 0 Å². The van der Waals surface area contributed by atoms with Gasteiger partial charge in [-0.2, -0.15) is 3.69 Å². The van der Waals surface area contributed by atoms with Crippen LogP contribution < -0.4 is 8.43 Å². The van der Waals surface area contributed by atoms with Crippen molar-refractivity contribution in [1.29, 1.82) is 0 Å². The van der Waals surface area contributed by atoms with E-state index in [0.29, 0.717) is 0 Å². The molecule has 54 valence electrons. The molecule has 2 rings (SSSR count). The van der Waals surface area contributed by atoms with Crippen LogP contribution in [0.25, 0.3) is 0 Å². The molecule has 0 bridgehead atoms. The van der Waals surface area contributed by atoms with E-state index >= 15 is 0 Å². The number of halogens is 1. The summed E-state index contributed by atoms with van der Waals surface area (Å²) in [5, 5.41) is 0. The van der Waals surface area contributed by atoms with Gasteiger partial charge in [-0.05, 0) is 11.6 Å². The fraction of sp³-hybridized carbons (Fsp3) is 0.250. The molecular formula is C8H7BrMgO. The van der Waals surface area contributed by atoms with Crippen LogP contribution in [-0.4, -0.2) is 24.8 Å². The van der Waals surface area contributed by atoms with Crippen LogP contribution in [0.2, 0.25) is 0 Å². The van der Waals surface area contributed by atoms with Gasteiger partial charge in [-0.3, -0.25) is 12.9 Å². The van der Waals surface area contributed by atoms with E-state index in [1.165, 1.54) is 9.26 Å². The monoisotopic (exact) mass is 222 g/mol. The van der Waals surface area contributed by atoms with Crippen LogP contribution in [0.3, 0.4) is 0 Å². The fourth-order valence-corrected chi connectivity index (χ4v) is 2.90. The van der Waals surface area contributed by atoms with E-state index < -0.39 is 0 Å². The zero-order valence-electron chi connectivity index (χ0n) is 6.14. The summed E-state index contributed by atoms with van der Waals surface area (Å²) >= 11 is 3.39. The minimum absolute atomic E-state index is 0.171. The highest BCUT2D eigenvalue weighted by Crippen LogP contribution is 2.22. The molecule has 0 saturated carbocycles. The molecule has 1 aliphatic rings. The van der Waals surface area contributed by atoms with Crippen LogP contribution in [0.1, 0.15) is 5.56 Å². The van der Waals surface area contributed by atoms with Gasteiger partial charge in [0.2, 0.25) is 0 Å². The van der Waals surface area contributed by atoms with Crippen molar-refractivity contribution in [2.45, 2.75) is 6.42 Å². The molecule has 1 aromatic carbocycles. The molecule has 0 fully saturated rings. The summed E-state index contributed by atoms with van der Waals surface area (Å²) < 4.78 is 6.86. The van der Waals surface area contributed by atoms with Crippen molar-refractivity contribution >= 4 is 34.8 Å². The van der Waals surface area contributed by atoms with Crippen LogP contribution in [0.5, 0.6) is 5.75 Å². The van der Waals surface area contributed by atoms with E-state index in [1.54, 1.807) is 0 Å². The lowest BCUT2D eigenvalue weighted by Gasteiger charge is -1.99. The van der Waals surface area contributed by atoms with E-state index in [9.17, 15) is 0 Å². The Morgan fingerprint density at radius 1 is 1.45 bits per heavy atom. The lowest BCUT2D eigenvalue weighted by Crippen LogP contribution is -2.07. The van der Waals surface area contributed by atoms with Crippen LogP contribution >= 0.6 is 12.9 Å². The lowest BCUT2D eigenvalue weighted by molar-refractivity contribution is 0.357. The molecule has 0 atom stereocenters. The first kappa shape index (κ1) is 7.89. The van der Waals surface area contributed by atoms with Gasteiger partial charge in [-0.1, -0.05) is 12.1 Å². The van der Waals surface area contributed by atoms with Crippen molar-refractivity contribution in [3.05, 3.63) is 23.8 Å². The van der Waals surface area contributed by atoms with Gasteiger partial charge in [0.25, 0.3) is 0 Å². The summed E-state index contributed by atoms with van der Waals surface area (Å²) in [5.41, 5.74) is 1.38. The van der Waals surface area contributed by atoms with Gasteiger partial charge in [0.15, 0.2) is 0 Å². The molecule has 0 spiro atoms. The second kappa shape index (κ2) is 3.33. The quantitative estimate of drug-likeness (QED) is 0.651. The van der Waals surface area contributed by atoms with Crippen molar-refractivity contribution in [2.75, 3.05) is 6.61 Å². The third kappa shape index (κ3) is 1.55. The summed E-state index contributed by atoms with van der Waals surface area (Å²) in [6.45, 7) is 0.864. The van der Waals surface area contributed by atoms with Crippen LogP contribution in [0.4, 0.5) is 0 Å². The number of fused-ring (bicyclic) bond motifs is 1. The standard InChI is InChI=1S/C8H7O.BrH.Mg/c1-2-4-8-7(3-1)5-6-9-8;;/h2-4H,5-6H2;1H;/q;;+1/p-1. The van der Waals surface area contributed by atoms with Crippen molar-refractivity contribution in [1.82, 2.24) is 0 Å². The molecule has 1 nitrogen and oxygen atoms in total. The average molecular weight is 223 g/mol. The number of benzene rings is 1. The number of hydrogen-bond acceptors (Lipinski definition) is 1. The highest BCUT2D eigenvalue weighted by Gasteiger charge is 2.11. The minimum Gasteiger partial charge on any atom is -0.493 e. The molecule has 0 unspecified atom stereocenters. The van der Waals surface area contributed by atoms with Crippen molar-refractivity contribution in [3.63, 3.8) is 0 Å². The maximum absolute atomic E-state index is 5.40. The summed E-state index contributed by atoms with van der Waals surface area (Å²) in [6.07, 6.45) is 1.09. The molecule has 0 saturated heterocycles. The predicted molar refractivity (Wildman–Crippen MR) is 50.0 cm³/mol. The maximum Gasteiger partial charge on any atom is 0.506 e. The normalized spacial score (nSPS) is 13.5. The Labute approximate surface area is 81.7 Å². The smallest absolute Gasteiger partial charge is 0.493 e. The molecule has 0 N–H and O–H groups in total. The first-order chi connectivity index (χ1) is 5.40. The van der Waals surface area contributed by atoms with E-state index in [4.69, 9.17) is 4.74 Å². The van der Waals surface area contributed by atoms with E-state index in [2.05, 4.69) is 31.1 Å². The zero-order valence-corrected chi connectivity index (χ0v) is 9.14. The van der Waals surface area contributed by atoms with E-state index in [-0.39, 0.29) is 18.2 Å². The zero-order chi connectivity index (χ0) is 7.68. The summed E-state index contributed by atoms with van der Waals surface area (Å²) in [6, 6.07) is 6.51. The third-order valence-corrected chi connectivity index (χ3v) is 4.60. The van der Waals surface area contributed by atoms with Gasteiger partial charge in [0, 0.05) is 6.42 Å². The molecule has 1 aromatic rings. The van der Waals surface area contributed by atoms with Gasteiger partial charge in [0.05, 0.1) is 6.61 Å². The molecule has 1 heterocycles. The highest BCUT2D eigenvalue weighted by molar-refractivity contribution is 9.23. The largest absolute Gasteiger partial charge is 0.506 e.